The predicted molar refractivity (Wildman–Crippen MR) is 43.3 cm³/mol. The summed E-state index contributed by atoms with van der Waals surface area (Å²) < 4.78 is 0. The molecule has 0 aromatic carbocycles. The Kier molecular flexibility index (Phi) is 2.58. The fourth-order valence-corrected chi connectivity index (χ4v) is 1.34. The molecule has 0 amide bonds. The Hall–Kier alpha value is -0.400. The second-order valence-corrected chi connectivity index (χ2v) is 4.66. The largest absolute Gasteiger partial charge is 0.209 e. The number of nitrogens with one attached hydrogen (secondary N) is 1. The maximum Gasteiger partial charge on any atom is 0.0762 e. The van der Waals surface area contributed by atoms with Crippen molar-refractivity contribution in [2.45, 2.75) is 46.6 Å². The van der Waals surface area contributed by atoms with Crippen molar-refractivity contribution < 1.29 is 0 Å². The minimum absolute atomic E-state index is 0.182. The van der Waals surface area contributed by atoms with Gasteiger partial charge < -0.3 is 0 Å². The van der Waals surface area contributed by atoms with Crippen molar-refractivity contribution in [2.75, 3.05) is 0 Å². The van der Waals surface area contributed by atoms with Crippen LogP contribution in [0.5, 0.6) is 0 Å². The molecule has 60 valence electrons. The molecule has 0 aromatic heterocycles. The molecule has 0 rings (SSSR count). The van der Waals surface area contributed by atoms with Crippen LogP contribution >= 0.6 is 0 Å². The average Bonchev–Trinajstić information content (AvgIpc) is 1.60. The predicted octanol–water partition coefficient (Wildman–Crippen LogP) is 3.23. The Morgan fingerprint density at radius 3 is 1.60 bits per heavy atom. The van der Waals surface area contributed by atoms with Gasteiger partial charge >= 0.3 is 0 Å². The van der Waals surface area contributed by atoms with E-state index in [2.05, 4.69) is 25.9 Å². The Morgan fingerprint density at radius 2 is 1.50 bits per heavy atom. The molecule has 0 fully saturated rings. The van der Waals surface area contributed by atoms with Crippen LogP contribution in [0.3, 0.4) is 0 Å². The molecule has 2 nitrogen and oxygen atoms in total. The van der Waals surface area contributed by atoms with E-state index in [9.17, 15) is 0 Å². The van der Waals surface area contributed by atoms with Crippen molar-refractivity contribution in [2.24, 2.45) is 10.5 Å². The highest BCUT2D eigenvalue weighted by molar-refractivity contribution is 4.80. The third kappa shape index (κ3) is 4.48. The van der Waals surface area contributed by atoms with Gasteiger partial charge in [0.25, 0.3) is 0 Å². The summed E-state index contributed by atoms with van der Waals surface area (Å²) in [6.07, 6.45) is 0.962. The molecule has 0 saturated heterocycles. The van der Waals surface area contributed by atoms with Gasteiger partial charge in [-0.1, -0.05) is 20.8 Å². The second kappa shape index (κ2) is 2.69. The SMILES string of the molecule is CC(C)(C)CC(C)(C)N=N. The van der Waals surface area contributed by atoms with Gasteiger partial charge in [-0.25, -0.2) is 5.53 Å². The molecule has 0 atom stereocenters. The first-order chi connectivity index (χ1) is 4.27. The molecule has 0 aliphatic heterocycles. The summed E-state index contributed by atoms with van der Waals surface area (Å²) in [6, 6.07) is 0. The zero-order valence-electron chi connectivity index (χ0n) is 7.65. The van der Waals surface area contributed by atoms with Crippen LogP contribution in [0.4, 0.5) is 0 Å². The summed E-state index contributed by atoms with van der Waals surface area (Å²) in [5.41, 5.74) is 7.00. The van der Waals surface area contributed by atoms with Gasteiger partial charge in [-0.2, -0.15) is 5.11 Å². The summed E-state index contributed by atoms with van der Waals surface area (Å²) >= 11 is 0. The maximum absolute atomic E-state index is 6.91. The van der Waals surface area contributed by atoms with E-state index in [1.807, 2.05) is 13.8 Å². The summed E-state index contributed by atoms with van der Waals surface area (Å²) in [5.74, 6) is 0. The lowest BCUT2D eigenvalue weighted by molar-refractivity contribution is 0.277. The third-order valence-corrected chi connectivity index (χ3v) is 1.27. The van der Waals surface area contributed by atoms with E-state index < -0.39 is 0 Å². The summed E-state index contributed by atoms with van der Waals surface area (Å²) in [6.45, 7) is 10.5. The highest BCUT2D eigenvalue weighted by Gasteiger charge is 2.24. The van der Waals surface area contributed by atoms with Gasteiger partial charge in [-0.15, -0.1) is 0 Å². The molecule has 10 heavy (non-hydrogen) atoms. The third-order valence-electron chi connectivity index (χ3n) is 1.27. The zero-order valence-corrected chi connectivity index (χ0v) is 7.65. The number of hydrogen-bond donors (Lipinski definition) is 1. The lowest BCUT2D eigenvalue weighted by Gasteiger charge is -2.27. The van der Waals surface area contributed by atoms with Crippen molar-refractivity contribution in [1.82, 2.24) is 0 Å². The van der Waals surface area contributed by atoms with E-state index in [-0.39, 0.29) is 11.0 Å². The minimum Gasteiger partial charge on any atom is -0.209 e. The maximum atomic E-state index is 6.91. The van der Waals surface area contributed by atoms with Crippen molar-refractivity contribution >= 4 is 0 Å². The lowest BCUT2D eigenvalue weighted by atomic mass is 9.82. The van der Waals surface area contributed by atoms with E-state index in [0.29, 0.717) is 0 Å². The zero-order chi connectivity index (χ0) is 8.41. The van der Waals surface area contributed by atoms with E-state index in [4.69, 9.17) is 5.53 Å². The molecule has 0 saturated carbocycles. The molecule has 2 heteroatoms. The van der Waals surface area contributed by atoms with Gasteiger partial charge in [0.05, 0.1) is 5.54 Å². The molecule has 0 spiro atoms. The van der Waals surface area contributed by atoms with Gasteiger partial charge in [0, 0.05) is 0 Å². The fourth-order valence-electron chi connectivity index (χ4n) is 1.34. The van der Waals surface area contributed by atoms with Crippen LogP contribution in [0.1, 0.15) is 41.0 Å². The monoisotopic (exact) mass is 142 g/mol. The van der Waals surface area contributed by atoms with Crippen LogP contribution in [0.25, 0.3) is 0 Å². The lowest BCUT2D eigenvalue weighted by Crippen LogP contribution is -2.23. The van der Waals surface area contributed by atoms with Crippen LogP contribution in [0.2, 0.25) is 0 Å². The van der Waals surface area contributed by atoms with E-state index in [0.717, 1.165) is 6.42 Å². The van der Waals surface area contributed by atoms with Gasteiger partial charge in [0.1, 0.15) is 0 Å². The second-order valence-electron chi connectivity index (χ2n) is 4.66. The Balaban J connectivity index is 4.01. The first kappa shape index (κ1) is 9.60. The summed E-state index contributed by atoms with van der Waals surface area (Å²) in [5, 5.41) is 3.56. The first-order valence-electron chi connectivity index (χ1n) is 3.65. The first-order valence-corrected chi connectivity index (χ1v) is 3.65. The van der Waals surface area contributed by atoms with Crippen LogP contribution in [-0.4, -0.2) is 5.54 Å². The molecule has 0 aromatic rings. The summed E-state index contributed by atoms with van der Waals surface area (Å²) in [4.78, 5) is 0. The van der Waals surface area contributed by atoms with Gasteiger partial charge in [0.2, 0.25) is 0 Å². The molecular weight excluding hydrogens is 124 g/mol. The number of rotatable bonds is 2. The molecule has 1 N–H and O–H groups in total. The highest BCUT2D eigenvalue weighted by atomic mass is 15.0. The summed E-state index contributed by atoms with van der Waals surface area (Å²) in [7, 11) is 0. The smallest absolute Gasteiger partial charge is 0.0762 e. The molecule has 0 heterocycles. The number of nitrogens with zero attached hydrogens (tertiary/aromatic N) is 1. The minimum atomic E-state index is -0.182. The normalized spacial score (nSPS) is 13.3. The highest BCUT2D eigenvalue weighted by Crippen LogP contribution is 2.28. The van der Waals surface area contributed by atoms with Crippen molar-refractivity contribution in [3.8, 4) is 0 Å². The van der Waals surface area contributed by atoms with Crippen molar-refractivity contribution in [3.05, 3.63) is 0 Å². The van der Waals surface area contributed by atoms with Crippen molar-refractivity contribution in [1.29, 1.82) is 5.53 Å². The van der Waals surface area contributed by atoms with E-state index in [1.54, 1.807) is 0 Å². The molecule has 0 aliphatic rings. The van der Waals surface area contributed by atoms with E-state index >= 15 is 0 Å². The van der Waals surface area contributed by atoms with Crippen LogP contribution < -0.4 is 0 Å². The standard InChI is InChI=1S/C8H18N2/c1-7(2,3)6-8(4,5)10-9/h9H,6H2,1-5H3. The van der Waals surface area contributed by atoms with E-state index in [1.165, 1.54) is 0 Å². The molecule has 0 aliphatic carbocycles. The molecular formula is C8H18N2. The molecule has 0 bridgehead atoms. The van der Waals surface area contributed by atoms with Gasteiger partial charge in [-0.05, 0) is 25.7 Å². The Bertz CT molecular complexity index is 120. The topological polar surface area (TPSA) is 36.2 Å². The van der Waals surface area contributed by atoms with Crippen LogP contribution in [-0.2, 0) is 0 Å². The fraction of sp³-hybridized carbons (Fsp3) is 1.00. The van der Waals surface area contributed by atoms with Crippen LogP contribution in [0, 0.1) is 10.9 Å². The van der Waals surface area contributed by atoms with Crippen LogP contribution in [0.15, 0.2) is 5.11 Å². The van der Waals surface area contributed by atoms with Gasteiger partial charge in [0.15, 0.2) is 0 Å². The van der Waals surface area contributed by atoms with Gasteiger partial charge in [-0.3, -0.25) is 0 Å². The quantitative estimate of drug-likeness (QED) is 0.575. The van der Waals surface area contributed by atoms with Crippen molar-refractivity contribution in [3.63, 3.8) is 0 Å². The average molecular weight is 142 g/mol. The molecule has 0 radical (unpaired) electrons. The molecule has 0 unspecified atom stereocenters. The Morgan fingerprint density at radius 1 is 1.10 bits per heavy atom. The Labute approximate surface area is 63.5 Å². The number of hydrogen-bond acceptors (Lipinski definition) is 2.